The molecule has 1 aliphatic rings. The number of ether oxygens (including phenoxy) is 1. The van der Waals surface area contributed by atoms with E-state index in [1.54, 1.807) is 0 Å². The maximum absolute atomic E-state index is 11.3. The van der Waals surface area contributed by atoms with Crippen molar-refractivity contribution in [3.05, 3.63) is 35.9 Å². The van der Waals surface area contributed by atoms with Gasteiger partial charge in [-0.15, -0.1) is 0 Å². The molecule has 1 aliphatic heterocycles. The van der Waals surface area contributed by atoms with Crippen molar-refractivity contribution in [2.75, 3.05) is 18.5 Å². The van der Waals surface area contributed by atoms with E-state index in [4.69, 9.17) is 4.74 Å². The van der Waals surface area contributed by atoms with Gasteiger partial charge in [0.15, 0.2) is 6.61 Å². The van der Waals surface area contributed by atoms with Gasteiger partial charge in [-0.25, -0.2) is 4.98 Å². The van der Waals surface area contributed by atoms with Gasteiger partial charge in [-0.05, 0) is 17.7 Å². The molecule has 0 aliphatic carbocycles. The summed E-state index contributed by atoms with van der Waals surface area (Å²) in [5, 5.41) is 12.7. The van der Waals surface area contributed by atoms with Gasteiger partial charge in [-0.2, -0.15) is 5.10 Å². The molecule has 1 aromatic carbocycles. The average Bonchev–Trinajstić information content (AvgIpc) is 2.96. The Morgan fingerprint density at radius 1 is 1.40 bits per heavy atom. The van der Waals surface area contributed by atoms with Gasteiger partial charge in [0, 0.05) is 19.5 Å². The number of fused-ring (bicyclic) bond motifs is 1. The van der Waals surface area contributed by atoms with Crippen LogP contribution in [-0.4, -0.2) is 34.2 Å². The number of rotatable bonds is 5. The van der Waals surface area contributed by atoms with Crippen LogP contribution in [0.15, 0.2) is 24.5 Å². The molecule has 0 saturated carbocycles. The zero-order valence-corrected chi connectivity index (χ0v) is 10.8. The number of aromatic nitrogens is 3. The molecule has 1 amide bonds. The normalized spacial score (nSPS) is 13.5. The predicted octanol–water partition coefficient (Wildman–Crippen LogP) is 0.468. The van der Waals surface area contributed by atoms with E-state index in [1.165, 1.54) is 6.33 Å². The summed E-state index contributed by atoms with van der Waals surface area (Å²) in [5.74, 6) is 1.46. The highest BCUT2D eigenvalue weighted by Crippen LogP contribution is 2.28. The Labute approximate surface area is 115 Å². The highest BCUT2D eigenvalue weighted by Gasteiger charge is 2.15. The maximum atomic E-state index is 11.3. The smallest absolute Gasteiger partial charge is 0.262 e. The first-order chi connectivity index (χ1) is 9.81. The molecule has 0 unspecified atom stereocenters. The Morgan fingerprint density at radius 2 is 2.35 bits per heavy atom. The quantitative estimate of drug-likeness (QED) is 0.689. The minimum Gasteiger partial charge on any atom is -0.482 e. The van der Waals surface area contributed by atoms with Crippen molar-refractivity contribution in [1.29, 1.82) is 0 Å². The second kappa shape index (κ2) is 5.70. The number of nitrogens with zero attached hydrogens (tertiary/aromatic N) is 2. The fraction of sp³-hybridized carbons (Fsp3) is 0.308. The van der Waals surface area contributed by atoms with Crippen LogP contribution >= 0.6 is 0 Å². The van der Waals surface area contributed by atoms with E-state index in [1.807, 2.05) is 18.2 Å². The second-order valence-corrected chi connectivity index (χ2v) is 4.53. The predicted molar refractivity (Wildman–Crippen MR) is 72.4 cm³/mol. The number of anilines is 1. The zero-order valence-electron chi connectivity index (χ0n) is 10.8. The van der Waals surface area contributed by atoms with Gasteiger partial charge in [0.2, 0.25) is 0 Å². The van der Waals surface area contributed by atoms with Crippen molar-refractivity contribution >= 4 is 11.6 Å². The highest BCUT2D eigenvalue weighted by molar-refractivity contribution is 5.95. The van der Waals surface area contributed by atoms with Crippen LogP contribution in [0.2, 0.25) is 0 Å². The number of aromatic amines is 1. The first kappa shape index (κ1) is 12.6. The number of nitrogens with one attached hydrogen (secondary N) is 3. The summed E-state index contributed by atoms with van der Waals surface area (Å²) >= 11 is 0. The number of hydrogen-bond donors (Lipinski definition) is 3. The van der Waals surface area contributed by atoms with Gasteiger partial charge in [0.25, 0.3) is 5.91 Å². The van der Waals surface area contributed by atoms with Crippen molar-refractivity contribution < 1.29 is 9.53 Å². The van der Waals surface area contributed by atoms with Crippen LogP contribution in [0.5, 0.6) is 5.75 Å². The van der Waals surface area contributed by atoms with Crippen molar-refractivity contribution in [3.8, 4) is 5.75 Å². The fourth-order valence-corrected chi connectivity index (χ4v) is 2.03. The molecule has 0 bridgehead atoms. The van der Waals surface area contributed by atoms with E-state index in [-0.39, 0.29) is 12.5 Å². The van der Waals surface area contributed by atoms with Gasteiger partial charge in [-0.1, -0.05) is 6.07 Å². The van der Waals surface area contributed by atoms with Crippen molar-refractivity contribution in [2.24, 2.45) is 0 Å². The lowest BCUT2D eigenvalue weighted by atomic mass is 10.1. The summed E-state index contributed by atoms with van der Waals surface area (Å²) in [6, 6.07) is 5.79. The van der Waals surface area contributed by atoms with E-state index in [0.717, 1.165) is 42.3 Å². The third kappa shape index (κ3) is 2.94. The molecular formula is C13H15N5O2. The molecule has 0 fully saturated rings. The molecule has 7 nitrogen and oxygen atoms in total. The number of carbonyl (C=O) groups is 1. The molecule has 3 rings (SSSR count). The molecule has 2 heterocycles. The SMILES string of the molecule is O=C1COc2ccc(CNCCc3ncn[nH]3)cc2N1. The fourth-order valence-electron chi connectivity index (χ4n) is 2.03. The molecule has 0 atom stereocenters. The van der Waals surface area contributed by atoms with E-state index in [9.17, 15) is 4.79 Å². The van der Waals surface area contributed by atoms with Crippen LogP contribution in [0.4, 0.5) is 5.69 Å². The minimum absolute atomic E-state index is 0.0851. The van der Waals surface area contributed by atoms with Gasteiger partial charge in [-0.3, -0.25) is 9.89 Å². The summed E-state index contributed by atoms with van der Waals surface area (Å²) < 4.78 is 5.31. The average molecular weight is 273 g/mol. The third-order valence-corrected chi connectivity index (χ3v) is 3.01. The van der Waals surface area contributed by atoms with Crippen LogP contribution in [-0.2, 0) is 17.8 Å². The van der Waals surface area contributed by atoms with Crippen LogP contribution in [0.25, 0.3) is 0 Å². The second-order valence-electron chi connectivity index (χ2n) is 4.53. The molecule has 104 valence electrons. The van der Waals surface area contributed by atoms with Crippen molar-refractivity contribution in [3.63, 3.8) is 0 Å². The molecule has 0 spiro atoms. The number of H-pyrrole nitrogens is 1. The summed E-state index contributed by atoms with van der Waals surface area (Å²) in [6.07, 6.45) is 2.30. The minimum atomic E-state index is -0.118. The largest absolute Gasteiger partial charge is 0.482 e. The van der Waals surface area contributed by atoms with Gasteiger partial charge >= 0.3 is 0 Å². The van der Waals surface area contributed by atoms with Crippen molar-refractivity contribution in [1.82, 2.24) is 20.5 Å². The Kier molecular flexibility index (Phi) is 3.60. The highest BCUT2D eigenvalue weighted by atomic mass is 16.5. The standard InChI is InChI=1S/C13H15N5O2/c19-13-7-20-11-2-1-9(5-10(11)17-13)6-14-4-3-12-15-8-16-18-12/h1-2,5,8,14H,3-4,6-7H2,(H,17,19)(H,15,16,18). The molecular weight excluding hydrogens is 258 g/mol. The molecule has 1 aromatic heterocycles. The zero-order chi connectivity index (χ0) is 13.8. The summed E-state index contributed by atoms with van der Waals surface area (Å²) in [7, 11) is 0. The Balaban J connectivity index is 1.53. The first-order valence-corrected chi connectivity index (χ1v) is 6.42. The summed E-state index contributed by atoms with van der Waals surface area (Å²) in [5.41, 5.74) is 1.82. The monoisotopic (exact) mass is 273 g/mol. The van der Waals surface area contributed by atoms with Crippen LogP contribution < -0.4 is 15.4 Å². The van der Waals surface area contributed by atoms with E-state index in [2.05, 4.69) is 25.8 Å². The lowest BCUT2D eigenvalue weighted by Gasteiger charge is -2.18. The van der Waals surface area contributed by atoms with Crippen LogP contribution in [0.1, 0.15) is 11.4 Å². The number of amides is 1. The van der Waals surface area contributed by atoms with Crippen LogP contribution in [0.3, 0.4) is 0 Å². The third-order valence-electron chi connectivity index (χ3n) is 3.01. The van der Waals surface area contributed by atoms with Gasteiger partial charge < -0.3 is 15.4 Å². The Hall–Kier alpha value is -2.41. The lowest BCUT2D eigenvalue weighted by Crippen LogP contribution is -2.25. The van der Waals surface area contributed by atoms with E-state index < -0.39 is 0 Å². The molecule has 3 N–H and O–H groups in total. The number of hydrogen-bond acceptors (Lipinski definition) is 5. The molecule has 0 radical (unpaired) electrons. The number of carbonyl (C=O) groups excluding carboxylic acids is 1. The van der Waals surface area contributed by atoms with Gasteiger partial charge in [0.05, 0.1) is 5.69 Å². The van der Waals surface area contributed by atoms with Crippen LogP contribution in [0, 0.1) is 0 Å². The molecule has 7 heteroatoms. The van der Waals surface area contributed by atoms with E-state index >= 15 is 0 Å². The first-order valence-electron chi connectivity index (χ1n) is 6.42. The Morgan fingerprint density at radius 3 is 3.20 bits per heavy atom. The van der Waals surface area contributed by atoms with E-state index in [0.29, 0.717) is 0 Å². The maximum Gasteiger partial charge on any atom is 0.262 e. The van der Waals surface area contributed by atoms with Crippen molar-refractivity contribution in [2.45, 2.75) is 13.0 Å². The molecule has 20 heavy (non-hydrogen) atoms. The topological polar surface area (TPSA) is 91.9 Å². The van der Waals surface area contributed by atoms with Gasteiger partial charge in [0.1, 0.15) is 17.9 Å². The summed E-state index contributed by atoms with van der Waals surface area (Å²) in [4.78, 5) is 15.3. The summed E-state index contributed by atoms with van der Waals surface area (Å²) in [6.45, 7) is 1.61. The Bertz CT molecular complexity index is 597. The molecule has 0 saturated heterocycles. The number of benzene rings is 1. The lowest BCUT2D eigenvalue weighted by molar-refractivity contribution is -0.118. The molecule has 2 aromatic rings.